The molecule has 9 heteroatoms. The number of aromatic nitrogens is 4. The van der Waals surface area contributed by atoms with E-state index < -0.39 is 0 Å². The molecule has 1 saturated heterocycles. The minimum Gasteiger partial charge on any atom is -0.478 e. The number of halogens is 1. The van der Waals surface area contributed by atoms with Crippen molar-refractivity contribution in [3.8, 4) is 5.88 Å². The highest BCUT2D eigenvalue weighted by atomic mass is 79.9. The van der Waals surface area contributed by atoms with Gasteiger partial charge in [-0.1, -0.05) is 0 Å². The molecule has 3 heterocycles. The minimum absolute atomic E-state index is 0.136. The van der Waals surface area contributed by atoms with Crippen LogP contribution >= 0.6 is 15.9 Å². The molecule has 128 valence electrons. The lowest BCUT2D eigenvalue weighted by molar-refractivity contribution is 0.326. The van der Waals surface area contributed by atoms with Crippen LogP contribution in [0.3, 0.4) is 0 Å². The Bertz CT molecular complexity index is 773. The zero-order valence-corrected chi connectivity index (χ0v) is 15.2. The highest BCUT2D eigenvalue weighted by molar-refractivity contribution is 9.10. The SMILES string of the molecule is CCOc1ccnc(N2CCN(c3cnn(C)c(=O)c3Br)CC2)n1. The first kappa shape index (κ1) is 16.7. The third-order valence-electron chi connectivity index (χ3n) is 3.87. The van der Waals surface area contributed by atoms with Crippen molar-refractivity contribution in [3.63, 3.8) is 0 Å². The van der Waals surface area contributed by atoms with Crippen LogP contribution in [0.15, 0.2) is 27.7 Å². The van der Waals surface area contributed by atoms with E-state index in [1.807, 2.05) is 6.92 Å². The molecule has 2 aromatic heterocycles. The maximum absolute atomic E-state index is 12.0. The largest absolute Gasteiger partial charge is 0.478 e. The van der Waals surface area contributed by atoms with Gasteiger partial charge in [-0.3, -0.25) is 4.79 Å². The molecule has 3 rings (SSSR count). The molecule has 24 heavy (non-hydrogen) atoms. The average molecular weight is 395 g/mol. The number of aryl methyl sites for hydroxylation is 1. The molecule has 0 bridgehead atoms. The van der Waals surface area contributed by atoms with E-state index in [1.54, 1.807) is 25.5 Å². The molecule has 8 nitrogen and oxygen atoms in total. The lowest BCUT2D eigenvalue weighted by Gasteiger charge is -2.36. The number of anilines is 2. The van der Waals surface area contributed by atoms with Gasteiger partial charge in [-0.15, -0.1) is 0 Å². The van der Waals surface area contributed by atoms with Crippen LogP contribution < -0.4 is 20.1 Å². The van der Waals surface area contributed by atoms with Crippen LogP contribution in [0.4, 0.5) is 11.6 Å². The lowest BCUT2D eigenvalue weighted by atomic mass is 10.3. The molecule has 0 aromatic carbocycles. The summed E-state index contributed by atoms with van der Waals surface area (Å²) in [4.78, 5) is 25.0. The molecular formula is C15H19BrN6O2. The molecule has 0 atom stereocenters. The lowest BCUT2D eigenvalue weighted by Crippen LogP contribution is -2.47. The highest BCUT2D eigenvalue weighted by Crippen LogP contribution is 2.23. The van der Waals surface area contributed by atoms with Gasteiger partial charge in [0, 0.05) is 45.5 Å². The van der Waals surface area contributed by atoms with Gasteiger partial charge in [-0.05, 0) is 22.9 Å². The Balaban J connectivity index is 1.71. The van der Waals surface area contributed by atoms with E-state index in [0.717, 1.165) is 31.9 Å². The van der Waals surface area contributed by atoms with E-state index in [4.69, 9.17) is 4.74 Å². The molecule has 2 aromatic rings. The van der Waals surface area contributed by atoms with Crippen LogP contribution in [0.25, 0.3) is 0 Å². The van der Waals surface area contributed by atoms with Gasteiger partial charge in [0.15, 0.2) is 0 Å². The second-order valence-corrected chi connectivity index (χ2v) is 6.17. The van der Waals surface area contributed by atoms with Gasteiger partial charge in [-0.2, -0.15) is 10.1 Å². The van der Waals surface area contributed by atoms with Gasteiger partial charge in [0.25, 0.3) is 5.56 Å². The molecule has 0 spiro atoms. The first-order valence-electron chi connectivity index (χ1n) is 7.77. The van der Waals surface area contributed by atoms with Gasteiger partial charge in [0.05, 0.1) is 18.5 Å². The normalized spacial score (nSPS) is 14.8. The van der Waals surface area contributed by atoms with Crippen LogP contribution in [-0.4, -0.2) is 52.5 Å². The molecule has 0 radical (unpaired) electrons. The molecule has 0 aliphatic carbocycles. The van der Waals surface area contributed by atoms with Crippen molar-refractivity contribution >= 4 is 27.6 Å². The third kappa shape index (κ3) is 3.35. The fraction of sp³-hybridized carbons (Fsp3) is 0.467. The molecule has 1 fully saturated rings. The van der Waals surface area contributed by atoms with Crippen molar-refractivity contribution in [1.82, 2.24) is 19.7 Å². The molecule has 0 amide bonds. The average Bonchev–Trinajstić information content (AvgIpc) is 2.61. The first-order chi connectivity index (χ1) is 11.6. The van der Waals surface area contributed by atoms with E-state index in [-0.39, 0.29) is 5.56 Å². The smallest absolute Gasteiger partial charge is 0.282 e. The van der Waals surface area contributed by atoms with E-state index in [2.05, 4.69) is 40.8 Å². The minimum atomic E-state index is -0.136. The van der Waals surface area contributed by atoms with Gasteiger partial charge < -0.3 is 14.5 Å². The molecular weight excluding hydrogens is 376 g/mol. The van der Waals surface area contributed by atoms with E-state index in [0.29, 0.717) is 22.9 Å². The molecule has 1 aliphatic rings. The molecule has 0 unspecified atom stereocenters. The summed E-state index contributed by atoms with van der Waals surface area (Å²) in [6.07, 6.45) is 3.43. The second-order valence-electron chi connectivity index (χ2n) is 5.37. The van der Waals surface area contributed by atoms with Crippen LogP contribution in [0.1, 0.15) is 6.92 Å². The van der Waals surface area contributed by atoms with Crippen LogP contribution in [-0.2, 0) is 7.05 Å². The Morgan fingerprint density at radius 2 is 1.96 bits per heavy atom. The Labute approximate surface area is 148 Å². The number of nitrogens with zero attached hydrogens (tertiary/aromatic N) is 6. The second kappa shape index (κ2) is 7.16. The summed E-state index contributed by atoms with van der Waals surface area (Å²) >= 11 is 3.38. The van der Waals surface area contributed by atoms with E-state index in [1.165, 1.54) is 4.68 Å². The number of rotatable bonds is 4. The van der Waals surface area contributed by atoms with Crippen molar-refractivity contribution < 1.29 is 4.74 Å². The molecule has 0 saturated carbocycles. The topological polar surface area (TPSA) is 76.4 Å². The van der Waals surface area contributed by atoms with Crippen molar-refractivity contribution in [3.05, 3.63) is 33.3 Å². The van der Waals surface area contributed by atoms with E-state index >= 15 is 0 Å². The number of hydrogen-bond acceptors (Lipinski definition) is 7. The van der Waals surface area contributed by atoms with Crippen molar-refractivity contribution in [2.45, 2.75) is 6.92 Å². The maximum Gasteiger partial charge on any atom is 0.282 e. The van der Waals surface area contributed by atoms with Crippen molar-refractivity contribution in [2.75, 3.05) is 42.6 Å². The van der Waals surface area contributed by atoms with Gasteiger partial charge in [0.1, 0.15) is 4.47 Å². The van der Waals surface area contributed by atoms with Crippen molar-refractivity contribution in [2.24, 2.45) is 7.05 Å². The summed E-state index contributed by atoms with van der Waals surface area (Å²) in [6.45, 7) is 5.55. The number of hydrogen-bond donors (Lipinski definition) is 0. The predicted molar refractivity (Wildman–Crippen MR) is 94.8 cm³/mol. The van der Waals surface area contributed by atoms with E-state index in [9.17, 15) is 4.79 Å². The zero-order chi connectivity index (χ0) is 17.1. The van der Waals surface area contributed by atoms with Gasteiger partial charge >= 0.3 is 0 Å². The van der Waals surface area contributed by atoms with Gasteiger partial charge in [0.2, 0.25) is 11.8 Å². The van der Waals surface area contributed by atoms with Crippen LogP contribution in [0, 0.1) is 0 Å². The Morgan fingerprint density at radius 3 is 2.67 bits per heavy atom. The monoisotopic (exact) mass is 394 g/mol. The molecule has 0 N–H and O–H groups in total. The molecule has 1 aliphatic heterocycles. The first-order valence-corrected chi connectivity index (χ1v) is 8.57. The standard InChI is InChI=1S/C15H19BrN6O2/c1-3-24-12-4-5-17-15(19-12)22-8-6-21(7-9-22)11-10-18-20(2)14(23)13(11)16/h4-5,10H,3,6-9H2,1-2H3. The van der Waals surface area contributed by atoms with Crippen LogP contribution in [0.2, 0.25) is 0 Å². The summed E-state index contributed by atoms with van der Waals surface area (Å²) in [5, 5.41) is 4.10. The summed E-state index contributed by atoms with van der Waals surface area (Å²) in [6, 6.07) is 1.76. The number of ether oxygens (including phenoxy) is 1. The third-order valence-corrected chi connectivity index (χ3v) is 4.62. The zero-order valence-electron chi connectivity index (χ0n) is 13.6. The summed E-state index contributed by atoms with van der Waals surface area (Å²) in [7, 11) is 1.64. The fourth-order valence-corrected chi connectivity index (χ4v) is 3.19. The maximum atomic E-state index is 12.0. The summed E-state index contributed by atoms with van der Waals surface area (Å²) in [5.41, 5.74) is 0.685. The van der Waals surface area contributed by atoms with Gasteiger partial charge in [-0.25, -0.2) is 9.67 Å². The van der Waals surface area contributed by atoms with Crippen LogP contribution in [0.5, 0.6) is 5.88 Å². The summed E-state index contributed by atoms with van der Waals surface area (Å²) in [5.74, 6) is 1.25. The summed E-state index contributed by atoms with van der Waals surface area (Å²) < 4.78 is 7.29. The number of piperazine rings is 1. The Hall–Kier alpha value is -2.16. The highest BCUT2D eigenvalue weighted by Gasteiger charge is 2.22. The quantitative estimate of drug-likeness (QED) is 0.766. The fourth-order valence-electron chi connectivity index (χ4n) is 2.58. The Kier molecular flexibility index (Phi) is 4.98. The predicted octanol–water partition coefficient (Wildman–Crippen LogP) is 1.06. The Morgan fingerprint density at radius 1 is 1.25 bits per heavy atom. The van der Waals surface area contributed by atoms with Crippen molar-refractivity contribution in [1.29, 1.82) is 0 Å².